The molecule has 0 bridgehead atoms. The highest BCUT2D eigenvalue weighted by Gasteiger charge is 2.27. The Morgan fingerprint density at radius 3 is 2.33 bits per heavy atom. The first-order chi connectivity index (χ1) is 11.5. The van der Waals surface area contributed by atoms with Crippen LogP contribution in [0.2, 0.25) is 5.02 Å². The summed E-state index contributed by atoms with van der Waals surface area (Å²) >= 11 is 13.6. The molecule has 0 aliphatic heterocycles. The van der Waals surface area contributed by atoms with E-state index in [4.69, 9.17) is 37.0 Å². The van der Waals surface area contributed by atoms with E-state index in [0.29, 0.717) is 30.7 Å². The largest absolute Gasteiger partial charge is 0.402 e. The van der Waals surface area contributed by atoms with Gasteiger partial charge in [0.15, 0.2) is 0 Å². The van der Waals surface area contributed by atoms with Crippen molar-refractivity contribution in [2.24, 2.45) is 0 Å². The molecular formula is C15H28ClN2O3PS2. The molecule has 0 N–H and O–H groups in total. The molecule has 0 radical (unpaired) electrons. The second kappa shape index (κ2) is 11.8. The molecule has 0 aliphatic carbocycles. The van der Waals surface area contributed by atoms with Crippen molar-refractivity contribution < 1.29 is 13.6 Å². The minimum Gasteiger partial charge on any atom is -0.402 e. The van der Waals surface area contributed by atoms with Crippen LogP contribution in [-0.4, -0.2) is 28.7 Å². The highest BCUT2D eigenvalue weighted by atomic mass is 35.5. The summed E-state index contributed by atoms with van der Waals surface area (Å²) in [7, 11) is 0. The zero-order valence-electron chi connectivity index (χ0n) is 14.9. The molecular weight excluding hydrogens is 387 g/mol. The molecule has 0 saturated carbocycles. The number of halogens is 1. The smallest absolute Gasteiger partial charge is 0.381 e. The molecule has 0 aromatic carbocycles. The van der Waals surface area contributed by atoms with Crippen LogP contribution in [0.5, 0.6) is 5.88 Å². The third kappa shape index (κ3) is 6.85. The fourth-order valence-electron chi connectivity index (χ4n) is 2.02. The summed E-state index contributed by atoms with van der Waals surface area (Å²) in [5, 5.41) is 5.84. The van der Waals surface area contributed by atoms with Crippen molar-refractivity contribution in [1.29, 1.82) is 0 Å². The molecule has 5 nitrogen and oxygen atoms in total. The molecule has 0 amide bonds. The van der Waals surface area contributed by atoms with Gasteiger partial charge in [0, 0.05) is 18.4 Å². The van der Waals surface area contributed by atoms with Crippen molar-refractivity contribution in [3.63, 3.8) is 0 Å². The summed E-state index contributed by atoms with van der Waals surface area (Å²) in [6.45, 7) is 6.63. The van der Waals surface area contributed by atoms with Gasteiger partial charge in [-0.15, -0.1) is 16.9 Å². The van der Waals surface area contributed by atoms with Crippen LogP contribution in [0.15, 0.2) is 5.03 Å². The summed E-state index contributed by atoms with van der Waals surface area (Å²) in [6.07, 6.45) is 4.90. The second-order valence-electron chi connectivity index (χ2n) is 5.02. The van der Waals surface area contributed by atoms with Crippen LogP contribution in [0.3, 0.4) is 0 Å². The lowest BCUT2D eigenvalue weighted by atomic mass is 10.2. The Balaban J connectivity index is 2.83. The number of unbranched alkanes of at least 4 members (excludes halogenated alkanes) is 3. The van der Waals surface area contributed by atoms with Crippen molar-refractivity contribution in [3.8, 4) is 5.88 Å². The number of rotatable bonds is 13. The Morgan fingerprint density at radius 1 is 1.12 bits per heavy atom. The van der Waals surface area contributed by atoms with Crippen LogP contribution in [0.1, 0.15) is 53.4 Å². The topological polar surface area (TPSA) is 45.5 Å². The fourth-order valence-corrected chi connectivity index (χ4v) is 5.49. The number of hydrogen-bond donors (Lipinski definition) is 0. The zero-order valence-corrected chi connectivity index (χ0v) is 18.2. The van der Waals surface area contributed by atoms with Gasteiger partial charge >= 0.3 is 6.72 Å². The first-order valence-corrected chi connectivity index (χ1v) is 12.4. The van der Waals surface area contributed by atoms with Gasteiger partial charge in [0.2, 0.25) is 0 Å². The van der Waals surface area contributed by atoms with Crippen LogP contribution >= 0.6 is 30.1 Å². The quantitative estimate of drug-likeness (QED) is 0.227. The molecule has 0 spiro atoms. The first kappa shape index (κ1) is 22.3. The normalized spacial score (nSPS) is 11.9. The van der Waals surface area contributed by atoms with E-state index in [1.807, 2.05) is 25.5 Å². The van der Waals surface area contributed by atoms with E-state index >= 15 is 0 Å². The van der Waals surface area contributed by atoms with Gasteiger partial charge in [0.1, 0.15) is 10.0 Å². The fraction of sp³-hybridized carbons (Fsp3) is 0.800. The molecule has 0 saturated heterocycles. The monoisotopic (exact) mass is 414 g/mol. The van der Waals surface area contributed by atoms with Gasteiger partial charge < -0.3 is 4.52 Å². The summed E-state index contributed by atoms with van der Waals surface area (Å²) in [5.41, 5.74) is 0. The van der Waals surface area contributed by atoms with Gasteiger partial charge in [-0.1, -0.05) is 37.8 Å². The lowest BCUT2D eigenvalue weighted by Crippen LogP contribution is -2.03. The summed E-state index contributed by atoms with van der Waals surface area (Å²) in [5.74, 6) is 1.32. The third-order valence-corrected chi connectivity index (χ3v) is 7.17. The molecule has 0 fully saturated rings. The molecule has 140 valence electrons. The molecule has 9 heteroatoms. The van der Waals surface area contributed by atoms with Crippen LogP contribution in [0.25, 0.3) is 0 Å². The zero-order chi connectivity index (χ0) is 18.0. The maximum absolute atomic E-state index is 6.49. The van der Waals surface area contributed by atoms with Crippen LogP contribution in [0, 0.1) is 0 Å². The molecule has 1 aromatic rings. The molecule has 1 rings (SSSR count). The van der Waals surface area contributed by atoms with Gasteiger partial charge in [0.05, 0.1) is 13.2 Å². The average molecular weight is 415 g/mol. The summed E-state index contributed by atoms with van der Waals surface area (Å²) < 4.78 is 18.6. The average Bonchev–Trinajstić information content (AvgIpc) is 2.83. The standard InChI is InChI=1S/C15H28ClN2O3PS2/c1-5-9-10-11-12-24-15-13(16)14(17-18(15)6-2)21-22(23,19-7-3)20-8-4/h5-12H2,1-4H3. The Morgan fingerprint density at radius 2 is 1.79 bits per heavy atom. The van der Waals surface area contributed by atoms with E-state index < -0.39 is 6.72 Å². The number of nitrogens with zero attached hydrogens (tertiary/aromatic N) is 2. The lowest BCUT2D eigenvalue weighted by molar-refractivity contribution is 0.215. The lowest BCUT2D eigenvalue weighted by Gasteiger charge is -2.19. The predicted molar refractivity (Wildman–Crippen MR) is 106 cm³/mol. The van der Waals surface area contributed by atoms with E-state index in [0.717, 1.165) is 17.2 Å². The molecule has 1 aromatic heterocycles. The Bertz CT molecular complexity index is 533. The van der Waals surface area contributed by atoms with Gasteiger partial charge in [-0.05, 0) is 32.9 Å². The van der Waals surface area contributed by atoms with Crippen LogP contribution < -0.4 is 4.52 Å². The highest BCUT2D eigenvalue weighted by molar-refractivity contribution is 8.07. The van der Waals surface area contributed by atoms with Crippen molar-refractivity contribution in [2.75, 3.05) is 19.0 Å². The van der Waals surface area contributed by atoms with E-state index in [9.17, 15) is 0 Å². The SMILES string of the molecule is CCCCCCSc1c(Cl)c(OP(=S)(OCC)OCC)nn1CC. The molecule has 24 heavy (non-hydrogen) atoms. The number of hydrogen-bond acceptors (Lipinski definition) is 6. The van der Waals surface area contributed by atoms with Gasteiger partial charge in [-0.3, -0.25) is 13.7 Å². The minimum atomic E-state index is -2.86. The minimum absolute atomic E-state index is 0.305. The van der Waals surface area contributed by atoms with E-state index in [-0.39, 0.29) is 0 Å². The Labute approximate surface area is 160 Å². The van der Waals surface area contributed by atoms with Crippen molar-refractivity contribution in [3.05, 3.63) is 5.02 Å². The molecule has 1 heterocycles. The van der Waals surface area contributed by atoms with Crippen LogP contribution in [0.4, 0.5) is 0 Å². The van der Waals surface area contributed by atoms with E-state index in [2.05, 4.69) is 12.0 Å². The van der Waals surface area contributed by atoms with Crippen molar-refractivity contribution in [2.45, 2.75) is 64.9 Å². The Hall–Kier alpha value is 0.220. The first-order valence-electron chi connectivity index (χ1n) is 8.49. The maximum Gasteiger partial charge on any atom is 0.381 e. The second-order valence-corrected chi connectivity index (χ2v) is 9.42. The maximum atomic E-state index is 6.49. The molecule has 0 atom stereocenters. The highest BCUT2D eigenvalue weighted by Crippen LogP contribution is 2.51. The number of aryl methyl sites for hydroxylation is 1. The van der Waals surface area contributed by atoms with Crippen molar-refractivity contribution in [1.82, 2.24) is 9.78 Å². The summed E-state index contributed by atoms with van der Waals surface area (Å²) in [4.78, 5) is 0. The molecule has 0 aliphatic rings. The summed E-state index contributed by atoms with van der Waals surface area (Å²) in [6, 6.07) is 0. The van der Waals surface area contributed by atoms with Crippen molar-refractivity contribution >= 4 is 41.9 Å². The van der Waals surface area contributed by atoms with E-state index in [1.54, 1.807) is 11.8 Å². The van der Waals surface area contributed by atoms with Gasteiger partial charge in [-0.25, -0.2) is 0 Å². The number of aromatic nitrogens is 2. The number of thioether (sulfide) groups is 1. The van der Waals surface area contributed by atoms with Gasteiger partial charge in [-0.2, -0.15) is 0 Å². The third-order valence-electron chi connectivity index (χ3n) is 3.13. The predicted octanol–water partition coefficient (Wildman–Crippen LogP) is 5.91. The van der Waals surface area contributed by atoms with Crippen LogP contribution in [-0.2, 0) is 27.4 Å². The van der Waals surface area contributed by atoms with Gasteiger partial charge in [0.25, 0.3) is 5.88 Å². The molecule has 0 unspecified atom stereocenters. The Kier molecular flexibility index (Phi) is 10.9. The van der Waals surface area contributed by atoms with E-state index in [1.165, 1.54) is 19.3 Å².